The number of hydrogen-bond acceptors (Lipinski definition) is 7. The third-order valence-corrected chi connectivity index (χ3v) is 8.26. The Morgan fingerprint density at radius 2 is 1.70 bits per heavy atom. The number of nitrogens with zero attached hydrogens (tertiary/aromatic N) is 1. The molecule has 1 aliphatic heterocycles. The summed E-state index contributed by atoms with van der Waals surface area (Å²) in [5.74, 6) is -0.579. The quantitative estimate of drug-likeness (QED) is 0.190. The van der Waals surface area contributed by atoms with E-state index in [1.54, 1.807) is 6.92 Å². The molecule has 1 saturated heterocycles. The average molecular weight is 643 g/mol. The number of amides is 2. The van der Waals surface area contributed by atoms with Crippen LogP contribution in [-0.2, 0) is 21.5 Å². The molecule has 1 heterocycles. The molecule has 0 radical (unpaired) electrons. The molecule has 37 heavy (non-hydrogen) atoms. The summed E-state index contributed by atoms with van der Waals surface area (Å²) in [6.45, 7) is 2.04. The van der Waals surface area contributed by atoms with Crippen molar-refractivity contribution in [3.63, 3.8) is 0 Å². The van der Waals surface area contributed by atoms with Gasteiger partial charge in [0.2, 0.25) is 5.75 Å². The minimum atomic E-state index is -4.24. The van der Waals surface area contributed by atoms with E-state index in [1.165, 1.54) is 42.5 Å². The Kier molecular flexibility index (Phi) is 8.55. The molecule has 0 aromatic heterocycles. The zero-order chi connectivity index (χ0) is 26.7. The van der Waals surface area contributed by atoms with E-state index in [0.29, 0.717) is 10.6 Å². The standard InChI is InChI=1S/C25H18BrCl2NO6S2/c1-2-34-21-12-16(11-20(28)23(21)35-37(32,33)19-9-7-18(27)8-10-19)13-22-24(30)29(25(31)36-22)14-15-3-5-17(26)6-4-15/h3-13H,2,14H2,1H3/b22-13-. The molecular formula is C25H18BrCl2NO6S2. The topological polar surface area (TPSA) is 90.0 Å². The van der Waals surface area contributed by atoms with Crippen LogP contribution in [0.4, 0.5) is 4.79 Å². The molecule has 0 bridgehead atoms. The number of carbonyl (C=O) groups is 2. The van der Waals surface area contributed by atoms with Gasteiger partial charge in [0.05, 0.1) is 23.1 Å². The summed E-state index contributed by atoms with van der Waals surface area (Å²) in [6, 6.07) is 15.7. The third-order valence-electron chi connectivity index (χ3n) is 5.05. The molecule has 0 unspecified atom stereocenters. The van der Waals surface area contributed by atoms with Gasteiger partial charge in [-0.15, -0.1) is 0 Å². The van der Waals surface area contributed by atoms with Crippen molar-refractivity contribution in [2.24, 2.45) is 0 Å². The Morgan fingerprint density at radius 3 is 2.35 bits per heavy atom. The smallest absolute Gasteiger partial charge is 0.339 e. The number of benzene rings is 3. The van der Waals surface area contributed by atoms with E-state index in [2.05, 4.69) is 15.9 Å². The zero-order valence-corrected chi connectivity index (χ0v) is 23.8. The lowest BCUT2D eigenvalue weighted by Gasteiger charge is -2.14. The van der Waals surface area contributed by atoms with E-state index in [4.69, 9.17) is 32.1 Å². The fourth-order valence-electron chi connectivity index (χ4n) is 3.33. The first-order valence-corrected chi connectivity index (χ1v) is 14.5. The Hall–Kier alpha value is -2.50. The lowest BCUT2D eigenvalue weighted by molar-refractivity contribution is -0.123. The Morgan fingerprint density at radius 1 is 1.03 bits per heavy atom. The number of ether oxygens (including phenoxy) is 1. The van der Waals surface area contributed by atoms with Gasteiger partial charge in [-0.1, -0.05) is 51.3 Å². The monoisotopic (exact) mass is 641 g/mol. The molecule has 0 aliphatic carbocycles. The van der Waals surface area contributed by atoms with Gasteiger partial charge in [0.15, 0.2) is 5.75 Å². The summed E-state index contributed by atoms with van der Waals surface area (Å²) in [5, 5.41) is -0.0780. The molecule has 3 aromatic rings. The molecule has 0 spiro atoms. The Bertz CT molecular complexity index is 1490. The first-order valence-electron chi connectivity index (χ1n) is 10.7. The normalized spacial score (nSPS) is 14.9. The predicted octanol–water partition coefficient (Wildman–Crippen LogP) is 7.16. The summed E-state index contributed by atoms with van der Waals surface area (Å²) >= 11 is 16.4. The fourth-order valence-corrected chi connectivity index (χ4v) is 5.82. The molecule has 192 valence electrons. The van der Waals surface area contributed by atoms with E-state index in [-0.39, 0.29) is 39.5 Å². The van der Waals surface area contributed by atoms with Gasteiger partial charge in [-0.2, -0.15) is 8.42 Å². The second kappa shape index (κ2) is 11.5. The van der Waals surface area contributed by atoms with Crippen LogP contribution in [-0.4, -0.2) is 31.1 Å². The van der Waals surface area contributed by atoms with Crippen molar-refractivity contribution in [3.05, 3.63) is 91.2 Å². The van der Waals surface area contributed by atoms with Gasteiger partial charge in [0, 0.05) is 9.50 Å². The maximum atomic E-state index is 13.0. The first-order chi connectivity index (χ1) is 17.6. The highest BCUT2D eigenvalue weighted by molar-refractivity contribution is 9.10. The van der Waals surface area contributed by atoms with Crippen LogP contribution >= 0.6 is 50.9 Å². The van der Waals surface area contributed by atoms with E-state index in [9.17, 15) is 18.0 Å². The van der Waals surface area contributed by atoms with Crippen molar-refractivity contribution < 1.29 is 26.9 Å². The van der Waals surface area contributed by atoms with Crippen molar-refractivity contribution in [2.75, 3.05) is 6.61 Å². The first kappa shape index (κ1) is 27.5. The zero-order valence-electron chi connectivity index (χ0n) is 19.1. The minimum Gasteiger partial charge on any atom is -0.490 e. The molecule has 2 amide bonds. The second-order valence-electron chi connectivity index (χ2n) is 7.65. The Labute approximate surface area is 236 Å². The summed E-state index contributed by atoms with van der Waals surface area (Å²) in [5.41, 5.74) is 1.23. The molecular weight excluding hydrogens is 625 g/mol. The summed E-state index contributed by atoms with van der Waals surface area (Å²) < 4.78 is 37.4. The van der Waals surface area contributed by atoms with E-state index in [1.807, 2.05) is 24.3 Å². The van der Waals surface area contributed by atoms with Gasteiger partial charge in [-0.3, -0.25) is 14.5 Å². The summed E-state index contributed by atoms with van der Waals surface area (Å²) in [7, 11) is -4.24. The molecule has 1 fully saturated rings. The van der Waals surface area contributed by atoms with Crippen LogP contribution in [0.2, 0.25) is 10.0 Å². The molecule has 7 nitrogen and oxygen atoms in total. The largest absolute Gasteiger partial charge is 0.490 e. The SMILES string of the molecule is CCOc1cc(/C=C2\SC(=O)N(Cc3ccc(Br)cc3)C2=O)cc(Cl)c1OS(=O)(=O)c1ccc(Cl)cc1. The van der Waals surface area contributed by atoms with Gasteiger partial charge in [-0.05, 0) is 84.4 Å². The van der Waals surface area contributed by atoms with Crippen LogP contribution in [0, 0.1) is 0 Å². The fraction of sp³-hybridized carbons (Fsp3) is 0.120. The van der Waals surface area contributed by atoms with Crippen molar-refractivity contribution in [2.45, 2.75) is 18.4 Å². The summed E-state index contributed by atoms with van der Waals surface area (Å²) in [4.78, 5) is 26.7. The Balaban J connectivity index is 1.61. The van der Waals surface area contributed by atoms with E-state index < -0.39 is 21.3 Å². The number of carbonyl (C=O) groups excluding carboxylic acids is 2. The molecule has 3 aromatic carbocycles. The van der Waals surface area contributed by atoms with Crippen LogP contribution in [0.3, 0.4) is 0 Å². The van der Waals surface area contributed by atoms with Gasteiger partial charge in [0.1, 0.15) is 4.90 Å². The molecule has 0 saturated carbocycles. The molecule has 0 N–H and O–H groups in total. The molecule has 0 atom stereocenters. The van der Waals surface area contributed by atoms with Crippen molar-refractivity contribution >= 4 is 78.2 Å². The van der Waals surface area contributed by atoms with Gasteiger partial charge in [0.25, 0.3) is 11.1 Å². The van der Waals surface area contributed by atoms with Gasteiger partial charge in [-0.25, -0.2) is 0 Å². The van der Waals surface area contributed by atoms with E-state index in [0.717, 1.165) is 26.7 Å². The van der Waals surface area contributed by atoms with Crippen LogP contribution in [0.15, 0.2) is 74.9 Å². The van der Waals surface area contributed by atoms with E-state index >= 15 is 0 Å². The highest BCUT2D eigenvalue weighted by Crippen LogP contribution is 2.40. The third kappa shape index (κ3) is 6.50. The highest BCUT2D eigenvalue weighted by atomic mass is 79.9. The second-order valence-corrected chi connectivity index (χ2v) is 11.9. The van der Waals surface area contributed by atoms with Gasteiger partial charge >= 0.3 is 10.1 Å². The summed E-state index contributed by atoms with van der Waals surface area (Å²) in [6.07, 6.45) is 1.50. The lowest BCUT2D eigenvalue weighted by Crippen LogP contribution is -2.27. The minimum absolute atomic E-state index is 0.0520. The predicted molar refractivity (Wildman–Crippen MR) is 148 cm³/mol. The molecule has 4 rings (SSSR count). The van der Waals surface area contributed by atoms with Crippen LogP contribution in [0.25, 0.3) is 6.08 Å². The maximum absolute atomic E-state index is 13.0. The number of halogens is 3. The van der Waals surface area contributed by atoms with Crippen molar-refractivity contribution in [1.82, 2.24) is 4.90 Å². The number of imide groups is 1. The average Bonchev–Trinajstić information content (AvgIpc) is 3.10. The molecule has 1 aliphatic rings. The number of rotatable bonds is 8. The number of hydrogen-bond donors (Lipinski definition) is 0. The number of thioether (sulfide) groups is 1. The lowest BCUT2D eigenvalue weighted by atomic mass is 10.1. The highest BCUT2D eigenvalue weighted by Gasteiger charge is 2.35. The van der Waals surface area contributed by atoms with Crippen LogP contribution < -0.4 is 8.92 Å². The van der Waals surface area contributed by atoms with Crippen molar-refractivity contribution in [1.29, 1.82) is 0 Å². The van der Waals surface area contributed by atoms with Gasteiger partial charge < -0.3 is 8.92 Å². The van der Waals surface area contributed by atoms with Crippen molar-refractivity contribution in [3.8, 4) is 11.5 Å². The maximum Gasteiger partial charge on any atom is 0.339 e. The van der Waals surface area contributed by atoms with Crippen LogP contribution in [0.1, 0.15) is 18.1 Å². The van der Waals surface area contributed by atoms with Crippen LogP contribution in [0.5, 0.6) is 11.5 Å². The molecule has 12 heteroatoms.